The van der Waals surface area contributed by atoms with E-state index in [-0.39, 0.29) is 0 Å². The van der Waals surface area contributed by atoms with E-state index in [0.29, 0.717) is 5.71 Å². The Balaban J connectivity index is 2.63. The van der Waals surface area contributed by atoms with E-state index < -0.39 is 5.54 Å². The van der Waals surface area contributed by atoms with Crippen molar-refractivity contribution in [3.05, 3.63) is 30.2 Å². The van der Waals surface area contributed by atoms with E-state index in [1.807, 2.05) is 32.0 Å². The largest absolute Gasteiger partial charge is 0.441 e. The number of hydrogen-bond acceptors (Lipinski definition) is 3. The molecule has 3 heteroatoms. The quantitative estimate of drug-likeness (QED) is 0.723. The molecule has 2 aromatic heterocycles. The molecule has 0 bridgehead atoms. The molecule has 0 saturated heterocycles. The highest BCUT2D eigenvalue weighted by Crippen LogP contribution is 2.24. The number of pyridine rings is 1. The fraction of sp³-hybridized carbons (Fsp3) is 0.300. The second kappa shape index (κ2) is 2.57. The Morgan fingerprint density at radius 1 is 1.46 bits per heavy atom. The molecule has 2 N–H and O–H groups in total. The Kier molecular flexibility index (Phi) is 1.63. The minimum absolute atomic E-state index is 0.444. The second-order valence-electron chi connectivity index (χ2n) is 3.73. The Bertz CT molecular complexity index is 393. The molecule has 13 heavy (non-hydrogen) atoms. The fourth-order valence-electron chi connectivity index (χ4n) is 1.19. The molecule has 68 valence electrons. The summed E-state index contributed by atoms with van der Waals surface area (Å²) in [5, 5.41) is 0.996. The lowest BCUT2D eigenvalue weighted by molar-refractivity contribution is 0.409. The van der Waals surface area contributed by atoms with Crippen LogP contribution in [0, 0.1) is 0 Å². The predicted octanol–water partition coefficient (Wildman–Crippen LogP) is 2.02. The minimum Gasteiger partial charge on any atom is -0.441 e. The van der Waals surface area contributed by atoms with Crippen molar-refractivity contribution in [1.82, 2.24) is 4.98 Å². The number of rotatable bonds is 1. The molecule has 0 spiro atoms. The van der Waals surface area contributed by atoms with Crippen molar-refractivity contribution in [2.24, 2.45) is 5.73 Å². The first-order valence-electron chi connectivity index (χ1n) is 4.21. The second-order valence-corrected chi connectivity index (χ2v) is 3.73. The van der Waals surface area contributed by atoms with Gasteiger partial charge < -0.3 is 10.2 Å². The normalized spacial score (nSPS) is 12.2. The Labute approximate surface area is 76.6 Å². The van der Waals surface area contributed by atoms with E-state index in [4.69, 9.17) is 10.2 Å². The first-order valence-corrected chi connectivity index (χ1v) is 4.21. The summed E-state index contributed by atoms with van der Waals surface area (Å²) in [4.78, 5) is 4.09. The van der Waals surface area contributed by atoms with E-state index >= 15 is 0 Å². The fourth-order valence-corrected chi connectivity index (χ4v) is 1.19. The molecule has 2 heterocycles. The molecule has 3 nitrogen and oxygen atoms in total. The summed E-state index contributed by atoms with van der Waals surface area (Å²) in [5.41, 5.74) is 6.10. The maximum atomic E-state index is 5.90. The molecule has 0 aliphatic carbocycles. The number of fused-ring (bicyclic) bond motifs is 1. The molecule has 0 aliphatic heterocycles. The van der Waals surface area contributed by atoms with Gasteiger partial charge in [-0.2, -0.15) is 0 Å². The summed E-state index contributed by atoms with van der Waals surface area (Å²) in [6.45, 7) is 3.81. The zero-order chi connectivity index (χ0) is 9.47. The lowest BCUT2D eigenvalue weighted by Crippen LogP contribution is -2.27. The molecule has 0 atom stereocenters. The number of furan rings is 1. The molecule has 0 saturated carbocycles. The van der Waals surface area contributed by atoms with Crippen LogP contribution in [0.15, 0.2) is 28.8 Å². The zero-order valence-electron chi connectivity index (χ0n) is 7.74. The highest BCUT2D eigenvalue weighted by Gasteiger charge is 2.19. The first-order chi connectivity index (χ1) is 6.07. The molecular weight excluding hydrogens is 164 g/mol. The minimum atomic E-state index is -0.444. The number of hydrogen-bond donors (Lipinski definition) is 1. The molecule has 2 aromatic rings. The van der Waals surface area contributed by atoms with Gasteiger partial charge in [-0.05, 0) is 32.0 Å². The van der Waals surface area contributed by atoms with Crippen LogP contribution < -0.4 is 5.73 Å². The third-order valence-electron chi connectivity index (χ3n) is 1.93. The van der Waals surface area contributed by atoms with Crippen LogP contribution >= 0.6 is 0 Å². The van der Waals surface area contributed by atoms with Gasteiger partial charge in [-0.25, -0.2) is 4.98 Å². The van der Waals surface area contributed by atoms with Crippen molar-refractivity contribution in [2.75, 3.05) is 0 Å². The third-order valence-corrected chi connectivity index (χ3v) is 1.93. The van der Waals surface area contributed by atoms with Gasteiger partial charge in [0.15, 0.2) is 0 Å². The summed E-state index contributed by atoms with van der Waals surface area (Å²) < 4.78 is 5.50. The smallest absolute Gasteiger partial charge is 0.226 e. The number of nitrogens with zero attached hydrogens (tertiary/aromatic N) is 1. The number of aromatic nitrogens is 1. The predicted molar refractivity (Wildman–Crippen MR) is 51.2 cm³/mol. The molecule has 0 unspecified atom stereocenters. The van der Waals surface area contributed by atoms with Gasteiger partial charge in [0, 0.05) is 11.6 Å². The first kappa shape index (κ1) is 8.26. The molecule has 2 rings (SSSR count). The maximum absolute atomic E-state index is 5.90. The van der Waals surface area contributed by atoms with Crippen molar-refractivity contribution in [1.29, 1.82) is 0 Å². The summed E-state index contributed by atoms with van der Waals surface area (Å²) in [6, 6.07) is 5.77. The van der Waals surface area contributed by atoms with E-state index in [1.54, 1.807) is 6.20 Å². The summed E-state index contributed by atoms with van der Waals surface area (Å²) in [7, 11) is 0. The summed E-state index contributed by atoms with van der Waals surface area (Å²) >= 11 is 0. The Hall–Kier alpha value is -1.35. The van der Waals surface area contributed by atoms with Gasteiger partial charge in [-0.3, -0.25) is 0 Å². The van der Waals surface area contributed by atoms with E-state index in [1.165, 1.54) is 0 Å². The monoisotopic (exact) mass is 176 g/mol. The van der Waals surface area contributed by atoms with Crippen molar-refractivity contribution >= 4 is 11.1 Å². The highest BCUT2D eigenvalue weighted by molar-refractivity contribution is 5.73. The molecule has 0 aliphatic rings. The van der Waals surface area contributed by atoms with E-state index in [0.717, 1.165) is 11.1 Å². The van der Waals surface area contributed by atoms with Crippen LogP contribution in [0.3, 0.4) is 0 Å². The average molecular weight is 176 g/mol. The lowest BCUT2D eigenvalue weighted by atomic mass is 10.0. The van der Waals surface area contributed by atoms with Gasteiger partial charge >= 0.3 is 0 Å². The van der Waals surface area contributed by atoms with Crippen molar-refractivity contribution in [3.63, 3.8) is 0 Å². The Morgan fingerprint density at radius 3 is 2.85 bits per heavy atom. The van der Waals surface area contributed by atoms with Gasteiger partial charge in [-0.15, -0.1) is 0 Å². The van der Waals surface area contributed by atoms with Gasteiger partial charge in [0.25, 0.3) is 0 Å². The highest BCUT2D eigenvalue weighted by atomic mass is 16.3. The van der Waals surface area contributed by atoms with E-state index in [2.05, 4.69) is 4.98 Å². The van der Waals surface area contributed by atoms with Gasteiger partial charge in [0.2, 0.25) is 5.71 Å². The summed E-state index contributed by atoms with van der Waals surface area (Å²) in [5.74, 6) is 0.765. The molecule has 0 amide bonds. The van der Waals surface area contributed by atoms with Gasteiger partial charge in [0.1, 0.15) is 5.76 Å². The molecular formula is C10H12N2O. The van der Waals surface area contributed by atoms with Crippen LogP contribution in [-0.4, -0.2) is 4.98 Å². The van der Waals surface area contributed by atoms with E-state index in [9.17, 15) is 0 Å². The standard InChI is InChI=1S/C10H12N2O/c1-10(2,11)8-6-7-4-3-5-12-9(7)13-8/h3-6H,11H2,1-2H3. The molecule has 0 radical (unpaired) electrons. The van der Waals surface area contributed by atoms with Gasteiger partial charge in [-0.1, -0.05) is 0 Å². The Morgan fingerprint density at radius 2 is 2.23 bits per heavy atom. The summed E-state index contributed by atoms with van der Waals surface area (Å²) in [6.07, 6.45) is 1.71. The van der Waals surface area contributed by atoms with Crippen LogP contribution in [0.5, 0.6) is 0 Å². The van der Waals surface area contributed by atoms with Crippen LogP contribution in [-0.2, 0) is 5.54 Å². The van der Waals surface area contributed by atoms with Crippen LogP contribution in [0.4, 0.5) is 0 Å². The SMILES string of the molecule is CC(C)(N)c1cc2cccnc2o1. The lowest BCUT2D eigenvalue weighted by Gasteiger charge is -2.13. The van der Waals surface area contributed by atoms with Crippen molar-refractivity contribution in [2.45, 2.75) is 19.4 Å². The van der Waals surface area contributed by atoms with Crippen molar-refractivity contribution in [3.8, 4) is 0 Å². The van der Waals surface area contributed by atoms with Crippen LogP contribution in [0.25, 0.3) is 11.1 Å². The zero-order valence-corrected chi connectivity index (χ0v) is 7.74. The van der Waals surface area contributed by atoms with Crippen molar-refractivity contribution < 1.29 is 4.42 Å². The van der Waals surface area contributed by atoms with Crippen LogP contribution in [0.1, 0.15) is 19.6 Å². The maximum Gasteiger partial charge on any atom is 0.226 e. The average Bonchev–Trinajstić information content (AvgIpc) is 2.45. The van der Waals surface area contributed by atoms with Crippen LogP contribution in [0.2, 0.25) is 0 Å². The topological polar surface area (TPSA) is 52.0 Å². The van der Waals surface area contributed by atoms with Gasteiger partial charge in [0.05, 0.1) is 5.54 Å². The number of nitrogens with two attached hydrogens (primary N) is 1. The molecule has 0 fully saturated rings. The third kappa shape index (κ3) is 1.42. The molecule has 0 aromatic carbocycles.